The van der Waals surface area contributed by atoms with Crippen molar-refractivity contribution in [2.24, 2.45) is 0 Å². The highest BCUT2D eigenvalue weighted by Crippen LogP contribution is 2.41. The molecule has 3 aromatic rings. The molecule has 0 radical (unpaired) electrons. The van der Waals surface area contributed by atoms with Crippen LogP contribution in [0.25, 0.3) is 5.76 Å². The predicted octanol–water partition coefficient (Wildman–Crippen LogP) is 4.97. The summed E-state index contributed by atoms with van der Waals surface area (Å²) < 4.78 is 20.3. The van der Waals surface area contributed by atoms with Crippen molar-refractivity contribution in [1.82, 2.24) is 9.88 Å². The molecule has 2 aromatic carbocycles. The van der Waals surface area contributed by atoms with Gasteiger partial charge in [0.25, 0.3) is 11.7 Å². The number of aliphatic hydroxyl groups is 1. The van der Waals surface area contributed by atoms with Crippen LogP contribution in [0.5, 0.6) is 5.75 Å². The van der Waals surface area contributed by atoms with E-state index in [1.807, 2.05) is 13.8 Å². The molecule has 1 atom stereocenters. The minimum atomic E-state index is -1.10. The second kappa shape index (κ2) is 9.47. The van der Waals surface area contributed by atoms with Crippen molar-refractivity contribution < 1.29 is 23.8 Å². The molecule has 0 saturated carbocycles. The lowest BCUT2D eigenvalue weighted by Gasteiger charge is -2.25. The number of ketones is 1. The Balaban J connectivity index is 1.90. The highest BCUT2D eigenvalue weighted by molar-refractivity contribution is 6.46. The summed E-state index contributed by atoms with van der Waals surface area (Å²) in [5.74, 6) is -1.91. The molecule has 0 bridgehead atoms. The van der Waals surface area contributed by atoms with Crippen LogP contribution in [0.1, 0.15) is 48.2 Å². The van der Waals surface area contributed by atoms with Crippen LogP contribution in [-0.2, 0) is 16.1 Å². The van der Waals surface area contributed by atoms with Crippen LogP contribution in [0.15, 0.2) is 72.4 Å². The number of carbonyl (C=O) groups excluding carboxylic acids is 2. The number of rotatable bonds is 6. The summed E-state index contributed by atoms with van der Waals surface area (Å²) in [6, 6.07) is 15.1. The minimum Gasteiger partial charge on any atom is -0.507 e. The van der Waals surface area contributed by atoms with E-state index in [1.165, 1.54) is 23.1 Å². The van der Waals surface area contributed by atoms with Gasteiger partial charge in [0.1, 0.15) is 17.3 Å². The lowest BCUT2D eigenvalue weighted by Crippen LogP contribution is -2.30. The smallest absolute Gasteiger partial charge is 0.296 e. The van der Waals surface area contributed by atoms with E-state index in [9.17, 15) is 19.1 Å². The molecule has 6 nitrogen and oxygen atoms in total. The number of halogens is 1. The number of Topliss-reactive ketones (excluding diaryl/α,β-unsaturated/α-hetero) is 1. The number of likely N-dealkylation sites (tertiary alicyclic amines) is 1. The number of aliphatic hydroxyl groups excluding tert-OH is 1. The summed E-state index contributed by atoms with van der Waals surface area (Å²) in [5.41, 5.74) is 1.68. The SMILES string of the molecule is COc1ccc(/C(O)=C2\C(=O)C(=O)N(Cc3ccccn3)C2c2ccccc2F)cc1C(C)C. The molecule has 0 aliphatic carbocycles. The van der Waals surface area contributed by atoms with Gasteiger partial charge >= 0.3 is 0 Å². The van der Waals surface area contributed by atoms with Crippen LogP contribution >= 0.6 is 0 Å². The van der Waals surface area contributed by atoms with Gasteiger partial charge in [0.2, 0.25) is 0 Å². The van der Waals surface area contributed by atoms with E-state index in [2.05, 4.69) is 4.98 Å². The minimum absolute atomic E-state index is 0.0128. The standard InChI is InChI=1S/C27H25FN2O4/c1-16(2)20-14-17(11-12-22(20)34-3)25(31)23-24(19-9-4-5-10-21(19)28)30(27(33)26(23)32)15-18-8-6-7-13-29-18/h4-14,16,24,31H,15H2,1-3H3/b25-23+. The Morgan fingerprint density at radius 1 is 1.12 bits per heavy atom. The molecule has 2 heterocycles. The molecule has 1 saturated heterocycles. The topological polar surface area (TPSA) is 79.7 Å². The molecule has 0 spiro atoms. The normalized spacial score (nSPS) is 17.4. The van der Waals surface area contributed by atoms with Crippen LogP contribution in [0, 0.1) is 5.82 Å². The van der Waals surface area contributed by atoms with Crippen LogP contribution in [-0.4, -0.2) is 33.8 Å². The third-order valence-electron chi connectivity index (χ3n) is 5.92. The second-order valence-electron chi connectivity index (χ2n) is 8.38. The summed E-state index contributed by atoms with van der Waals surface area (Å²) in [5, 5.41) is 11.3. The molecular weight excluding hydrogens is 435 g/mol. The Morgan fingerprint density at radius 3 is 2.50 bits per heavy atom. The molecule has 1 aliphatic heterocycles. The van der Waals surface area contributed by atoms with Crippen molar-refractivity contribution in [2.75, 3.05) is 7.11 Å². The molecule has 1 aromatic heterocycles. The third kappa shape index (κ3) is 4.17. The zero-order valence-corrected chi connectivity index (χ0v) is 19.2. The average molecular weight is 461 g/mol. The van der Waals surface area contributed by atoms with Gasteiger partial charge in [-0.05, 0) is 47.9 Å². The summed E-state index contributed by atoms with van der Waals surface area (Å²) in [7, 11) is 1.56. The zero-order valence-electron chi connectivity index (χ0n) is 19.2. The largest absolute Gasteiger partial charge is 0.507 e. The van der Waals surface area contributed by atoms with Gasteiger partial charge in [-0.3, -0.25) is 14.6 Å². The van der Waals surface area contributed by atoms with E-state index >= 15 is 0 Å². The maximum atomic E-state index is 14.9. The molecular formula is C27H25FN2O4. The summed E-state index contributed by atoms with van der Waals surface area (Å²) >= 11 is 0. The number of aromatic nitrogens is 1. The van der Waals surface area contributed by atoms with Gasteiger partial charge in [-0.15, -0.1) is 0 Å². The van der Waals surface area contributed by atoms with Crippen LogP contribution in [0.3, 0.4) is 0 Å². The van der Waals surface area contributed by atoms with E-state index in [4.69, 9.17) is 4.74 Å². The number of nitrogens with zero attached hydrogens (tertiary/aromatic N) is 2. The number of hydrogen-bond donors (Lipinski definition) is 1. The van der Waals surface area contributed by atoms with Gasteiger partial charge in [-0.1, -0.05) is 38.1 Å². The van der Waals surface area contributed by atoms with Gasteiger partial charge < -0.3 is 14.7 Å². The fourth-order valence-electron chi connectivity index (χ4n) is 4.22. The van der Waals surface area contributed by atoms with Gasteiger partial charge in [-0.25, -0.2) is 4.39 Å². The van der Waals surface area contributed by atoms with Crippen LogP contribution < -0.4 is 4.74 Å². The highest BCUT2D eigenvalue weighted by atomic mass is 19.1. The third-order valence-corrected chi connectivity index (χ3v) is 5.92. The van der Waals surface area contributed by atoms with Crippen molar-refractivity contribution in [2.45, 2.75) is 32.4 Å². The molecule has 1 fully saturated rings. The van der Waals surface area contributed by atoms with E-state index in [0.717, 1.165) is 5.56 Å². The number of pyridine rings is 1. The number of amides is 1. The van der Waals surface area contributed by atoms with Crippen molar-refractivity contribution in [3.05, 3.63) is 101 Å². The quantitative estimate of drug-likeness (QED) is 0.319. The van der Waals surface area contributed by atoms with Crippen molar-refractivity contribution in [3.8, 4) is 5.75 Å². The Labute approximate surface area is 197 Å². The second-order valence-corrected chi connectivity index (χ2v) is 8.38. The molecule has 7 heteroatoms. The van der Waals surface area contributed by atoms with Crippen molar-refractivity contribution >= 4 is 17.4 Å². The Kier molecular flexibility index (Phi) is 6.45. The monoisotopic (exact) mass is 460 g/mol. The highest BCUT2D eigenvalue weighted by Gasteiger charge is 2.47. The lowest BCUT2D eigenvalue weighted by atomic mass is 9.93. The first-order valence-corrected chi connectivity index (χ1v) is 10.9. The fourth-order valence-corrected chi connectivity index (χ4v) is 4.22. The maximum absolute atomic E-state index is 14.9. The van der Waals surface area contributed by atoms with E-state index in [0.29, 0.717) is 17.0 Å². The maximum Gasteiger partial charge on any atom is 0.296 e. The molecule has 1 unspecified atom stereocenters. The van der Waals surface area contributed by atoms with Gasteiger partial charge in [0.05, 0.1) is 31.0 Å². The average Bonchev–Trinajstić information content (AvgIpc) is 3.09. The zero-order chi connectivity index (χ0) is 24.4. The van der Waals surface area contributed by atoms with Crippen molar-refractivity contribution in [3.63, 3.8) is 0 Å². The molecule has 4 rings (SSSR count). The molecule has 34 heavy (non-hydrogen) atoms. The molecule has 1 aliphatic rings. The Morgan fingerprint density at radius 2 is 1.85 bits per heavy atom. The molecule has 1 amide bonds. The first-order valence-electron chi connectivity index (χ1n) is 10.9. The summed E-state index contributed by atoms with van der Waals surface area (Å²) in [6.45, 7) is 3.95. The number of hydrogen-bond acceptors (Lipinski definition) is 5. The molecule has 174 valence electrons. The van der Waals surface area contributed by atoms with Crippen LogP contribution in [0.2, 0.25) is 0 Å². The van der Waals surface area contributed by atoms with E-state index < -0.39 is 23.5 Å². The van der Waals surface area contributed by atoms with Gasteiger partial charge in [-0.2, -0.15) is 0 Å². The first-order chi connectivity index (χ1) is 16.3. The molecule has 1 N–H and O–H groups in total. The van der Waals surface area contributed by atoms with E-state index in [-0.39, 0.29) is 29.4 Å². The first kappa shape index (κ1) is 23.2. The van der Waals surface area contributed by atoms with Gasteiger partial charge in [0, 0.05) is 17.3 Å². The van der Waals surface area contributed by atoms with Gasteiger partial charge in [0.15, 0.2) is 0 Å². The van der Waals surface area contributed by atoms with E-state index in [1.54, 1.807) is 55.8 Å². The Hall–Kier alpha value is -4.00. The lowest BCUT2D eigenvalue weighted by molar-refractivity contribution is -0.140. The number of ether oxygens (including phenoxy) is 1. The number of benzene rings is 2. The summed E-state index contributed by atoms with van der Waals surface area (Å²) in [4.78, 5) is 31.8. The fraction of sp³-hybridized carbons (Fsp3) is 0.222. The predicted molar refractivity (Wildman–Crippen MR) is 126 cm³/mol. The summed E-state index contributed by atoms with van der Waals surface area (Å²) in [6.07, 6.45) is 1.58. The Bertz CT molecular complexity index is 1270. The van der Waals surface area contributed by atoms with Crippen LogP contribution in [0.4, 0.5) is 4.39 Å². The van der Waals surface area contributed by atoms with Crippen molar-refractivity contribution in [1.29, 1.82) is 0 Å². The number of carbonyl (C=O) groups is 2. The number of methoxy groups -OCH3 is 1.